The third-order valence-electron chi connectivity index (χ3n) is 17.8. The Kier molecular flexibility index (Phi) is 65.0. The molecule has 0 aromatic rings. The van der Waals surface area contributed by atoms with E-state index in [9.17, 15) is 43.2 Å². The number of aliphatic hydroxyl groups excluding tert-OH is 1. The number of ether oxygens (including phenoxy) is 4. The largest absolute Gasteiger partial charge is 0.472 e. The van der Waals surface area contributed by atoms with Crippen molar-refractivity contribution in [2.24, 2.45) is 23.7 Å². The van der Waals surface area contributed by atoms with Gasteiger partial charge < -0.3 is 33.8 Å². The molecule has 3 N–H and O–H groups in total. The van der Waals surface area contributed by atoms with Crippen molar-refractivity contribution >= 4 is 39.5 Å². The molecule has 0 radical (unpaired) electrons. The smallest absolute Gasteiger partial charge is 0.462 e. The summed E-state index contributed by atoms with van der Waals surface area (Å²) in [5.74, 6) is 0.886. The lowest BCUT2D eigenvalue weighted by atomic mass is 10.0. The van der Waals surface area contributed by atoms with Gasteiger partial charge in [0.1, 0.15) is 19.3 Å². The molecule has 5 atom stereocenters. The van der Waals surface area contributed by atoms with Crippen molar-refractivity contribution in [2.75, 3.05) is 39.6 Å². The van der Waals surface area contributed by atoms with Crippen molar-refractivity contribution < 1.29 is 80.2 Å². The zero-order valence-corrected chi connectivity index (χ0v) is 64.8. The third-order valence-corrected chi connectivity index (χ3v) is 19.7. The standard InChI is InChI=1S/C77H150O17P2/c1-67(2)53-45-37-29-23-18-15-13-11-9-10-12-14-16-20-26-33-43-51-59-76(81)94-73(64-88-75(80)58-50-42-36-35-40-48-56-70(7)8)66-92-96(85,86)90-62-71(78)61-89-95(83,84)91-65-72(63-87-74(79)57-49-41-32-28-22-25-31-39-47-55-69(5)6)93-77(82)60-52-44-34-27-21-17-19-24-30-38-46-54-68(3)4/h67-73,78H,9-66H2,1-8H3,(H,83,84)(H,85,86)/t71?,72-,73-/m1/s1. The number of esters is 4. The average Bonchev–Trinajstić information content (AvgIpc) is 1.05. The molecule has 0 amide bonds. The van der Waals surface area contributed by atoms with Gasteiger partial charge in [-0.3, -0.25) is 37.3 Å². The van der Waals surface area contributed by atoms with Crippen molar-refractivity contribution in [1.29, 1.82) is 0 Å². The van der Waals surface area contributed by atoms with Gasteiger partial charge in [-0.2, -0.15) is 0 Å². The van der Waals surface area contributed by atoms with Crippen LogP contribution in [0.15, 0.2) is 0 Å². The maximum Gasteiger partial charge on any atom is 0.472 e. The highest BCUT2D eigenvalue weighted by atomic mass is 31.2. The van der Waals surface area contributed by atoms with Gasteiger partial charge >= 0.3 is 39.5 Å². The van der Waals surface area contributed by atoms with E-state index in [0.717, 1.165) is 114 Å². The highest BCUT2D eigenvalue weighted by molar-refractivity contribution is 7.47. The summed E-state index contributed by atoms with van der Waals surface area (Å²) in [5, 5.41) is 10.6. The average molecular weight is 1410 g/mol. The maximum atomic E-state index is 13.1. The number of hydrogen-bond donors (Lipinski definition) is 3. The van der Waals surface area contributed by atoms with Crippen LogP contribution in [0.3, 0.4) is 0 Å². The van der Waals surface area contributed by atoms with E-state index < -0.39 is 97.5 Å². The number of rotatable bonds is 74. The van der Waals surface area contributed by atoms with Crippen molar-refractivity contribution in [3.05, 3.63) is 0 Å². The van der Waals surface area contributed by atoms with Gasteiger partial charge in [-0.25, -0.2) is 9.13 Å². The van der Waals surface area contributed by atoms with Gasteiger partial charge in [-0.15, -0.1) is 0 Å². The van der Waals surface area contributed by atoms with Crippen LogP contribution in [0.4, 0.5) is 0 Å². The van der Waals surface area contributed by atoms with Crippen LogP contribution in [0.2, 0.25) is 0 Å². The van der Waals surface area contributed by atoms with Crippen LogP contribution < -0.4 is 0 Å². The Morgan fingerprint density at radius 1 is 0.260 bits per heavy atom. The quantitative estimate of drug-likeness (QED) is 0.0222. The van der Waals surface area contributed by atoms with Crippen molar-refractivity contribution in [2.45, 2.75) is 408 Å². The molecule has 0 aliphatic heterocycles. The van der Waals surface area contributed by atoms with E-state index in [2.05, 4.69) is 55.4 Å². The highest BCUT2D eigenvalue weighted by Gasteiger charge is 2.30. The van der Waals surface area contributed by atoms with Crippen LogP contribution in [0.5, 0.6) is 0 Å². The molecule has 0 aromatic carbocycles. The zero-order valence-electron chi connectivity index (χ0n) is 63.0. The number of hydrogen-bond acceptors (Lipinski definition) is 15. The number of phosphoric acid groups is 2. The summed E-state index contributed by atoms with van der Waals surface area (Å²) < 4.78 is 68.5. The summed E-state index contributed by atoms with van der Waals surface area (Å²) in [5.41, 5.74) is 0. The molecule has 0 aliphatic rings. The van der Waals surface area contributed by atoms with Gasteiger partial charge in [-0.05, 0) is 49.4 Å². The first-order valence-corrected chi connectivity index (χ1v) is 42.7. The number of carbonyl (C=O) groups excluding carboxylic acids is 4. The summed E-state index contributed by atoms with van der Waals surface area (Å²) in [6.45, 7) is 14.1. The summed E-state index contributed by atoms with van der Waals surface area (Å²) in [4.78, 5) is 72.8. The summed E-state index contributed by atoms with van der Waals surface area (Å²) in [7, 11) is -9.91. The van der Waals surface area contributed by atoms with Crippen LogP contribution in [-0.2, 0) is 65.4 Å². The van der Waals surface area contributed by atoms with Crippen LogP contribution in [-0.4, -0.2) is 96.7 Å². The SMILES string of the molecule is CC(C)CCCCCCCCCCCCCCCCCCCCC(=O)O[C@H](COC(=O)CCCCCCCCC(C)C)COP(=O)(O)OCC(O)COP(=O)(O)OC[C@@H](COC(=O)CCCCCCCCCCCC(C)C)OC(=O)CCCCCCCCCCCCCC(C)C. The summed E-state index contributed by atoms with van der Waals surface area (Å²) in [6.07, 6.45) is 51.6. The van der Waals surface area contributed by atoms with Crippen LogP contribution in [0.1, 0.15) is 389 Å². The molecule has 3 unspecified atom stereocenters. The molecule has 0 saturated carbocycles. The van der Waals surface area contributed by atoms with E-state index in [-0.39, 0.29) is 25.7 Å². The molecule has 0 aliphatic carbocycles. The van der Waals surface area contributed by atoms with Crippen LogP contribution >= 0.6 is 15.6 Å². The number of phosphoric ester groups is 2. The second-order valence-electron chi connectivity index (χ2n) is 29.7. The maximum absolute atomic E-state index is 13.1. The number of unbranched alkanes of at least 4 members (excludes halogenated alkanes) is 40. The molecule has 96 heavy (non-hydrogen) atoms. The van der Waals surface area contributed by atoms with E-state index in [0.29, 0.717) is 31.6 Å². The first kappa shape index (κ1) is 94.1. The minimum atomic E-state index is -4.96. The molecule has 0 spiro atoms. The predicted molar refractivity (Wildman–Crippen MR) is 391 cm³/mol. The Hall–Kier alpha value is -1.94. The van der Waals surface area contributed by atoms with Crippen molar-refractivity contribution in [1.82, 2.24) is 0 Å². The van der Waals surface area contributed by atoms with Gasteiger partial charge in [0.2, 0.25) is 0 Å². The number of aliphatic hydroxyl groups is 1. The van der Waals surface area contributed by atoms with Gasteiger partial charge in [0.05, 0.1) is 26.4 Å². The Morgan fingerprint density at radius 2 is 0.438 bits per heavy atom. The monoisotopic (exact) mass is 1410 g/mol. The van der Waals surface area contributed by atoms with Crippen LogP contribution in [0.25, 0.3) is 0 Å². The lowest BCUT2D eigenvalue weighted by Gasteiger charge is -2.21. The fourth-order valence-electron chi connectivity index (χ4n) is 11.7. The van der Waals surface area contributed by atoms with E-state index in [1.54, 1.807) is 0 Å². The van der Waals surface area contributed by atoms with E-state index in [4.69, 9.17) is 37.0 Å². The fraction of sp³-hybridized carbons (Fsp3) is 0.948. The van der Waals surface area contributed by atoms with Crippen molar-refractivity contribution in [3.8, 4) is 0 Å². The topological polar surface area (TPSA) is 237 Å². The molecule has 570 valence electrons. The van der Waals surface area contributed by atoms with Gasteiger partial charge in [0.15, 0.2) is 12.2 Å². The second kappa shape index (κ2) is 66.3. The van der Waals surface area contributed by atoms with Gasteiger partial charge in [0.25, 0.3) is 0 Å². The molecule has 17 nitrogen and oxygen atoms in total. The second-order valence-corrected chi connectivity index (χ2v) is 32.6. The van der Waals surface area contributed by atoms with E-state index >= 15 is 0 Å². The molecular formula is C77H150O17P2. The number of carbonyl (C=O) groups is 4. The Morgan fingerprint density at radius 3 is 0.646 bits per heavy atom. The molecule has 0 fully saturated rings. The first-order chi connectivity index (χ1) is 46.1. The van der Waals surface area contributed by atoms with Crippen molar-refractivity contribution in [3.63, 3.8) is 0 Å². The molecule has 0 aromatic heterocycles. The predicted octanol–water partition coefficient (Wildman–Crippen LogP) is 22.4. The summed E-state index contributed by atoms with van der Waals surface area (Å²) in [6, 6.07) is 0. The molecule has 0 rings (SSSR count). The lowest BCUT2D eigenvalue weighted by Crippen LogP contribution is -2.30. The van der Waals surface area contributed by atoms with Gasteiger partial charge in [-0.1, -0.05) is 338 Å². The van der Waals surface area contributed by atoms with E-state index in [1.807, 2.05) is 0 Å². The first-order valence-electron chi connectivity index (χ1n) is 39.7. The minimum absolute atomic E-state index is 0.106. The Bertz CT molecular complexity index is 1880. The third kappa shape index (κ3) is 70.5. The Balaban J connectivity index is 5.18. The molecule has 0 bridgehead atoms. The fourth-order valence-corrected chi connectivity index (χ4v) is 13.3. The normalized spacial score (nSPS) is 14.1. The molecule has 0 heterocycles. The Labute approximate surface area is 588 Å². The zero-order chi connectivity index (χ0) is 71.0. The highest BCUT2D eigenvalue weighted by Crippen LogP contribution is 2.45. The van der Waals surface area contributed by atoms with E-state index in [1.165, 1.54) is 186 Å². The lowest BCUT2D eigenvalue weighted by molar-refractivity contribution is -0.161. The molecule has 19 heteroatoms. The van der Waals surface area contributed by atoms with Crippen LogP contribution in [0, 0.1) is 23.7 Å². The minimum Gasteiger partial charge on any atom is -0.462 e. The molecule has 0 saturated heterocycles. The molecular weight excluding hydrogens is 1260 g/mol. The summed E-state index contributed by atoms with van der Waals surface area (Å²) >= 11 is 0. The van der Waals surface area contributed by atoms with Gasteiger partial charge in [0, 0.05) is 25.7 Å².